The van der Waals surface area contributed by atoms with Gasteiger partial charge in [-0.1, -0.05) is 30.3 Å². The average molecular weight is 361 g/mol. The number of amides is 1. The first-order chi connectivity index (χ1) is 11.8. The summed E-state index contributed by atoms with van der Waals surface area (Å²) in [6.07, 6.45) is 0.949. The van der Waals surface area contributed by atoms with E-state index in [1.165, 1.54) is 30.3 Å². The number of benzene rings is 2. The average Bonchev–Trinajstić information content (AvgIpc) is 2.55. The zero-order chi connectivity index (χ0) is 18.4. The van der Waals surface area contributed by atoms with E-state index in [4.69, 9.17) is 5.26 Å². The fraction of sp³-hybridized carbons (Fsp3) is 0.176. The zero-order valence-corrected chi connectivity index (χ0v) is 14.3. The monoisotopic (exact) mass is 361 g/mol. The van der Waals surface area contributed by atoms with Gasteiger partial charge in [0.2, 0.25) is 15.9 Å². The molecular weight excluding hydrogens is 345 g/mol. The molecule has 0 bridgehead atoms. The van der Waals surface area contributed by atoms with Gasteiger partial charge < -0.3 is 5.32 Å². The molecule has 0 atom stereocenters. The van der Waals surface area contributed by atoms with Gasteiger partial charge in [0, 0.05) is 12.1 Å². The van der Waals surface area contributed by atoms with E-state index >= 15 is 0 Å². The highest BCUT2D eigenvalue weighted by atomic mass is 32.2. The van der Waals surface area contributed by atoms with E-state index in [2.05, 4.69) is 5.32 Å². The van der Waals surface area contributed by atoms with Crippen molar-refractivity contribution in [1.29, 1.82) is 5.26 Å². The summed E-state index contributed by atoms with van der Waals surface area (Å²) >= 11 is 0. The third-order valence-electron chi connectivity index (χ3n) is 3.42. The molecule has 0 aliphatic rings. The van der Waals surface area contributed by atoms with E-state index in [0.29, 0.717) is 0 Å². The molecule has 0 fully saturated rings. The lowest BCUT2D eigenvalue weighted by atomic mass is 10.2. The number of hydrogen-bond donors (Lipinski definition) is 1. The van der Waals surface area contributed by atoms with E-state index in [1.54, 1.807) is 18.2 Å². The van der Waals surface area contributed by atoms with Crippen molar-refractivity contribution in [3.05, 3.63) is 65.5 Å². The van der Waals surface area contributed by atoms with Crippen molar-refractivity contribution in [3.8, 4) is 6.07 Å². The maximum Gasteiger partial charge on any atom is 0.239 e. The first kappa shape index (κ1) is 18.6. The Kier molecular flexibility index (Phi) is 5.85. The molecular formula is C17H16FN3O3S. The van der Waals surface area contributed by atoms with E-state index < -0.39 is 28.3 Å². The van der Waals surface area contributed by atoms with Crippen molar-refractivity contribution in [1.82, 2.24) is 4.31 Å². The van der Waals surface area contributed by atoms with Gasteiger partial charge in [-0.2, -0.15) is 9.57 Å². The number of nitrogens with one attached hydrogen (secondary N) is 1. The molecule has 25 heavy (non-hydrogen) atoms. The molecule has 1 amide bonds. The molecule has 0 saturated carbocycles. The molecule has 0 spiro atoms. The number of hydrogen-bond acceptors (Lipinski definition) is 4. The molecule has 2 aromatic carbocycles. The number of para-hydroxylation sites is 1. The van der Waals surface area contributed by atoms with Gasteiger partial charge in [-0.15, -0.1) is 0 Å². The fourth-order valence-electron chi connectivity index (χ4n) is 2.15. The molecule has 0 saturated heterocycles. The Morgan fingerprint density at radius 2 is 1.84 bits per heavy atom. The summed E-state index contributed by atoms with van der Waals surface area (Å²) in [5.41, 5.74) is 0.711. The molecule has 0 heterocycles. The van der Waals surface area contributed by atoms with Gasteiger partial charge in [0.1, 0.15) is 11.9 Å². The van der Waals surface area contributed by atoms with Gasteiger partial charge in [0.15, 0.2) is 0 Å². The minimum absolute atomic E-state index is 0.165. The van der Waals surface area contributed by atoms with E-state index in [9.17, 15) is 17.6 Å². The summed E-state index contributed by atoms with van der Waals surface area (Å²) in [6.45, 7) is -0.758. The van der Waals surface area contributed by atoms with E-state index in [0.717, 1.165) is 10.6 Å². The molecule has 8 heteroatoms. The summed E-state index contributed by atoms with van der Waals surface area (Å²) < 4.78 is 38.5. The molecule has 6 nitrogen and oxygen atoms in total. The van der Waals surface area contributed by atoms with Crippen LogP contribution in [0.4, 0.5) is 10.1 Å². The van der Waals surface area contributed by atoms with Crippen LogP contribution < -0.4 is 5.32 Å². The number of carbonyl (C=O) groups excluding carboxylic acids is 1. The number of sulfonamides is 1. The smallest absolute Gasteiger partial charge is 0.239 e. The molecule has 130 valence electrons. The maximum atomic E-state index is 13.8. The Bertz CT molecular complexity index is 923. The second kappa shape index (κ2) is 7.88. The minimum atomic E-state index is -3.74. The van der Waals surface area contributed by atoms with Crippen molar-refractivity contribution >= 4 is 21.6 Å². The highest BCUT2D eigenvalue weighted by Gasteiger charge is 2.22. The Labute approximate surface area is 145 Å². The van der Waals surface area contributed by atoms with Crippen molar-refractivity contribution in [2.75, 3.05) is 18.1 Å². The molecule has 1 N–H and O–H groups in total. The third kappa shape index (κ3) is 5.11. The second-order valence-corrected chi connectivity index (χ2v) is 7.31. The summed E-state index contributed by atoms with van der Waals surface area (Å²) in [5.74, 6) is -1.17. The van der Waals surface area contributed by atoms with Crippen LogP contribution in [-0.2, 0) is 21.4 Å². The van der Waals surface area contributed by atoms with Gasteiger partial charge in [-0.3, -0.25) is 4.79 Å². The quantitative estimate of drug-likeness (QED) is 0.853. The van der Waals surface area contributed by atoms with Crippen LogP contribution in [0.1, 0.15) is 11.1 Å². The first-order valence-electron chi connectivity index (χ1n) is 7.29. The van der Waals surface area contributed by atoms with Crippen LogP contribution in [0.3, 0.4) is 0 Å². The Morgan fingerprint density at radius 1 is 1.20 bits per heavy atom. The van der Waals surface area contributed by atoms with Crippen LogP contribution >= 0.6 is 0 Å². The third-order valence-corrected chi connectivity index (χ3v) is 4.61. The van der Waals surface area contributed by atoms with Gasteiger partial charge in [-0.25, -0.2) is 12.8 Å². The summed E-state index contributed by atoms with van der Waals surface area (Å²) in [7, 11) is -3.74. The number of halogens is 1. The number of rotatable bonds is 6. The topological polar surface area (TPSA) is 90.3 Å². The normalized spacial score (nSPS) is 11.1. The zero-order valence-electron chi connectivity index (χ0n) is 13.4. The van der Waals surface area contributed by atoms with Crippen LogP contribution in [-0.4, -0.2) is 31.4 Å². The van der Waals surface area contributed by atoms with Crippen LogP contribution in [0, 0.1) is 17.1 Å². The van der Waals surface area contributed by atoms with E-state index in [-0.39, 0.29) is 23.4 Å². The van der Waals surface area contributed by atoms with Crippen molar-refractivity contribution in [2.45, 2.75) is 6.54 Å². The number of nitrogens with zero attached hydrogens (tertiary/aromatic N) is 2. The molecule has 0 aliphatic heterocycles. The number of anilines is 1. The number of carbonyl (C=O) groups is 1. The van der Waals surface area contributed by atoms with Crippen LogP contribution in [0.25, 0.3) is 0 Å². The predicted octanol–water partition coefficient (Wildman–Crippen LogP) is 2.10. The highest BCUT2D eigenvalue weighted by molar-refractivity contribution is 7.88. The van der Waals surface area contributed by atoms with Gasteiger partial charge in [-0.05, 0) is 18.2 Å². The van der Waals surface area contributed by atoms with Crippen LogP contribution in [0.2, 0.25) is 0 Å². The van der Waals surface area contributed by atoms with E-state index in [1.807, 2.05) is 6.07 Å². The lowest BCUT2D eigenvalue weighted by Gasteiger charge is -2.20. The maximum absolute atomic E-state index is 13.8. The SMILES string of the molecule is CS(=O)(=O)N(CC(=O)Nc1ccccc1C#N)Cc1ccccc1F. The van der Waals surface area contributed by atoms with Crippen LogP contribution in [0.15, 0.2) is 48.5 Å². The Morgan fingerprint density at radius 3 is 2.48 bits per heavy atom. The van der Waals surface area contributed by atoms with Crippen LogP contribution in [0.5, 0.6) is 0 Å². The molecule has 2 aromatic rings. The summed E-state index contributed by atoms with van der Waals surface area (Å²) in [5, 5.41) is 11.5. The molecule has 0 unspecified atom stereocenters. The standard InChI is InChI=1S/C17H16FN3O3S/c1-25(23,24)21(11-14-7-2-4-8-15(14)18)12-17(22)20-16-9-5-3-6-13(16)10-19/h2-9H,11-12H2,1H3,(H,20,22). The molecule has 0 aliphatic carbocycles. The largest absolute Gasteiger partial charge is 0.324 e. The molecule has 2 rings (SSSR count). The molecule has 0 aromatic heterocycles. The first-order valence-corrected chi connectivity index (χ1v) is 9.13. The Hall–Kier alpha value is -2.76. The number of nitriles is 1. The lowest BCUT2D eigenvalue weighted by molar-refractivity contribution is -0.116. The van der Waals surface area contributed by atoms with Gasteiger partial charge >= 0.3 is 0 Å². The van der Waals surface area contributed by atoms with Gasteiger partial charge in [0.05, 0.1) is 24.1 Å². The second-order valence-electron chi connectivity index (χ2n) is 5.33. The summed E-state index contributed by atoms with van der Waals surface area (Å²) in [4.78, 5) is 12.2. The fourth-order valence-corrected chi connectivity index (χ4v) is 2.87. The summed E-state index contributed by atoms with van der Waals surface area (Å²) in [6, 6.07) is 14.1. The highest BCUT2D eigenvalue weighted by Crippen LogP contribution is 2.15. The minimum Gasteiger partial charge on any atom is -0.324 e. The Balaban J connectivity index is 2.16. The predicted molar refractivity (Wildman–Crippen MR) is 91.4 cm³/mol. The lowest BCUT2D eigenvalue weighted by Crippen LogP contribution is -2.37. The van der Waals surface area contributed by atoms with Crippen molar-refractivity contribution in [3.63, 3.8) is 0 Å². The van der Waals surface area contributed by atoms with Gasteiger partial charge in [0.25, 0.3) is 0 Å². The van der Waals surface area contributed by atoms with Crippen molar-refractivity contribution in [2.24, 2.45) is 0 Å². The van der Waals surface area contributed by atoms with Crippen molar-refractivity contribution < 1.29 is 17.6 Å². The molecule has 0 radical (unpaired) electrons.